The SMILES string of the molecule is O=C(Cl)n1cc(F)c(=O)[nH]c1=O. The second kappa shape index (κ2) is 2.90. The van der Waals surface area contributed by atoms with Crippen LogP contribution in [-0.2, 0) is 0 Å². The molecular formula is C5H2ClFN2O3. The van der Waals surface area contributed by atoms with Crippen LogP contribution in [0.2, 0.25) is 0 Å². The van der Waals surface area contributed by atoms with E-state index in [-0.39, 0.29) is 4.57 Å². The first kappa shape index (κ1) is 8.66. The average Bonchev–Trinajstić information content (AvgIpc) is 1.96. The summed E-state index contributed by atoms with van der Waals surface area (Å²) in [4.78, 5) is 33.0. The first-order chi connectivity index (χ1) is 5.52. The molecular weight excluding hydrogens is 191 g/mol. The molecule has 0 unspecified atom stereocenters. The summed E-state index contributed by atoms with van der Waals surface area (Å²) in [5.74, 6) is -1.25. The lowest BCUT2D eigenvalue weighted by atomic mass is 10.6. The number of aromatic nitrogens is 2. The average molecular weight is 193 g/mol. The van der Waals surface area contributed by atoms with Crippen LogP contribution in [0.15, 0.2) is 15.8 Å². The van der Waals surface area contributed by atoms with E-state index in [0.717, 1.165) is 0 Å². The molecule has 0 aromatic carbocycles. The molecule has 0 bridgehead atoms. The van der Waals surface area contributed by atoms with Crippen LogP contribution in [0.1, 0.15) is 0 Å². The van der Waals surface area contributed by atoms with Gasteiger partial charge in [0.15, 0.2) is 0 Å². The zero-order chi connectivity index (χ0) is 9.30. The van der Waals surface area contributed by atoms with Crippen LogP contribution in [0.25, 0.3) is 0 Å². The van der Waals surface area contributed by atoms with Gasteiger partial charge in [0, 0.05) is 0 Å². The Balaban J connectivity index is 3.54. The van der Waals surface area contributed by atoms with Crippen molar-refractivity contribution in [2.45, 2.75) is 0 Å². The van der Waals surface area contributed by atoms with Crippen LogP contribution >= 0.6 is 11.6 Å². The first-order valence-electron chi connectivity index (χ1n) is 2.73. The fourth-order valence-electron chi connectivity index (χ4n) is 0.578. The van der Waals surface area contributed by atoms with Crippen LogP contribution in [0.5, 0.6) is 0 Å². The van der Waals surface area contributed by atoms with Crippen molar-refractivity contribution in [1.82, 2.24) is 9.55 Å². The molecule has 1 N–H and O–H groups in total. The van der Waals surface area contributed by atoms with E-state index in [4.69, 9.17) is 11.6 Å². The molecule has 0 aliphatic carbocycles. The molecule has 0 atom stereocenters. The maximum atomic E-state index is 12.4. The summed E-state index contributed by atoms with van der Waals surface area (Å²) in [6, 6.07) is 0. The van der Waals surface area contributed by atoms with Crippen LogP contribution in [0, 0.1) is 5.82 Å². The fourth-order valence-corrected chi connectivity index (χ4v) is 0.704. The van der Waals surface area contributed by atoms with Crippen molar-refractivity contribution in [1.29, 1.82) is 0 Å². The van der Waals surface area contributed by atoms with Gasteiger partial charge in [-0.3, -0.25) is 14.6 Å². The third-order valence-electron chi connectivity index (χ3n) is 1.09. The summed E-state index contributed by atoms with van der Waals surface area (Å²) in [7, 11) is 0. The summed E-state index contributed by atoms with van der Waals surface area (Å²) in [6.45, 7) is 0. The van der Waals surface area contributed by atoms with Gasteiger partial charge in [-0.1, -0.05) is 0 Å². The summed E-state index contributed by atoms with van der Waals surface area (Å²) >= 11 is 4.87. The van der Waals surface area contributed by atoms with Crippen molar-refractivity contribution in [3.63, 3.8) is 0 Å². The number of H-pyrrole nitrogens is 1. The van der Waals surface area contributed by atoms with Crippen molar-refractivity contribution in [3.05, 3.63) is 32.9 Å². The molecule has 1 aromatic rings. The topological polar surface area (TPSA) is 71.9 Å². The molecule has 0 spiro atoms. The largest absolute Gasteiger partial charge is 0.336 e. The van der Waals surface area contributed by atoms with E-state index >= 15 is 0 Å². The van der Waals surface area contributed by atoms with E-state index in [2.05, 4.69) is 0 Å². The van der Waals surface area contributed by atoms with Crippen molar-refractivity contribution in [3.8, 4) is 0 Å². The van der Waals surface area contributed by atoms with E-state index in [9.17, 15) is 18.8 Å². The highest BCUT2D eigenvalue weighted by Crippen LogP contribution is 1.88. The minimum Gasteiger partial charge on any atom is -0.271 e. The lowest BCUT2D eigenvalue weighted by Gasteiger charge is -1.94. The van der Waals surface area contributed by atoms with Crippen molar-refractivity contribution in [2.24, 2.45) is 0 Å². The second-order valence-corrected chi connectivity index (χ2v) is 2.18. The number of aromatic amines is 1. The molecule has 7 heteroatoms. The zero-order valence-electron chi connectivity index (χ0n) is 5.51. The van der Waals surface area contributed by atoms with Crippen LogP contribution < -0.4 is 11.2 Å². The Bertz CT molecular complexity index is 435. The van der Waals surface area contributed by atoms with Crippen molar-refractivity contribution >= 4 is 17.0 Å². The highest BCUT2D eigenvalue weighted by Gasteiger charge is 2.07. The normalized spacial score (nSPS) is 9.83. The fraction of sp³-hybridized carbons (Fsp3) is 0. The molecule has 0 aliphatic rings. The Kier molecular flexibility index (Phi) is 2.09. The predicted octanol–water partition coefficient (Wildman–Crippen LogP) is -0.117. The van der Waals surface area contributed by atoms with E-state index in [1.54, 1.807) is 4.98 Å². The predicted molar refractivity (Wildman–Crippen MR) is 37.9 cm³/mol. The monoisotopic (exact) mass is 192 g/mol. The summed E-state index contributed by atoms with van der Waals surface area (Å²) in [6.07, 6.45) is 0.427. The van der Waals surface area contributed by atoms with Gasteiger partial charge in [0.2, 0.25) is 5.82 Å². The van der Waals surface area contributed by atoms with Crippen LogP contribution in [0.4, 0.5) is 9.18 Å². The molecule has 1 heterocycles. The lowest BCUT2D eigenvalue weighted by molar-refractivity contribution is 0.259. The minimum absolute atomic E-state index is 0.248. The molecule has 0 amide bonds. The maximum Gasteiger partial charge on any atom is 0.336 e. The number of carbonyl (C=O) groups excluding carboxylic acids is 1. The quantitative estimate of drug-likeness (QED) is 0.583. The van der Waals surface area contributed by atoms with Gasteiger partial charge >= 0.3 is 11.1 Å². The minimum atomic E-state index is -1.25. The van der Waals surface area contributed by atoms with Crippen LogP contribution in [0.3, 0.4) is 0 Å². The second-order valence-electron chi connectivity index (χ2n) is 1.86. The van der Waals surface area contributed by atoms with E-state index in [0.29, 0.717) is 6.20 Å². The lowest BCUT2D eigenvalue weighted by Crippen LogP contribution is -2.32. The van der Waals surface area contributed by atoms with Crippen molar-refractivity contribution < 1.29 is 9.18 Å². The molecule has 0 aliphatic heterocycles. The summed E-state index contributed by atoms with van der Waals surface area (Å²) in [5.41, 5.74) is -2.25. The van der Waals surface area contributed by atoms with E-state index in [1.807, 2.05) is 0 Å². The third-order valence-corrected chi connectivity index (χ3v) is 1.27. The standard InChI is InChI=1S/C5H2ClFN2O3/c6-4(11)9-1-2(7)3(10)8-5(9)12/h1H,(H,8,10,12). The first-order valence-corrected chi connectivity index (χ1v) is 3.11. The zero-order valence-corrected chi connectivity index (χ0v) is 6.26. The molecule has 1 rings (SSSR count). The number of halogens is 2. The molecule has 5 nitrogen and oxygen atoms in total. The third kappa shape index (κ3) is 1.42. The highest BCUT2D eigenvalue weighted by molar-refractivity contribution is 6.63. The van der Waals surface area contributed by atoms with Crippen LogP contribution in [-0.4, -0.2) is 14.9 Å². The van der Waals surface area contributed by atoms with Crippen molar-refractivity contribution in [2.75, 3.05) is 0 Å². The maximum absolute atomic E-state index is 12.4. The summed E-state index contributed by atoms with van der Waals surface area (Å²) < 4.78 is 12.7. The highest BCUT2D eigenvalue weighted by atomic mass is 35.5. The van der Waals surface area contributed by atoms with Gasteiger partial charge in [-0.15, -0.1) is 0 Å². The smallest absolute Gasteiger partial charge is 0.271 e. The Morgan fingerprint density at radius 3 is 2.67 bits per heavy atom. The number of nitrogens with one attached hydrogen (secondary N) is 1. The van der Waals surface area contributed by atoms with Gasteiger partial charge in [-0.25, -0.2) is 9.36 Å². The van der Waals surface area contributed by atoms with Gasteiger partial charge in [0.25, 0.3) is 5.56 Å². The number of nitrogens with zero attached hydrogens (tertiary/aromatic N) is 1. The number of carbonyl (C=O) groups is 1. The summed E-state index contributed by atoms with van der Waals surface area (Å²) in [5, 5.41) is -1.19. The van der Waals surface area contributed by atoms with Gasteiger partial charge in [-0.05, 0) is 11.6 Å². The molecule has 0 saturated carbocycles. The van der Waals surface area contributed by atoms with Gasteiger partial charge in [0.05, 0.1) is 6.20 Å². The number of hydrogen-bond donors (Lipinski definition) is 1. The molecule has 0 radical (unpaired) electrons. The Hall–Kier alpha value is -1.43. The van der Waals surface area contributed by atoms with Gasteiger partial charge in [-0.2, -0.15) is 4.39 Å². The van der Waals surface area contributed by atoms with Gasteiger partial charge in [0.1, 0.15) is 0 Å². The molecule has 0 saturated heterocycles. The molecule has 64 valence electrons. The number of rotatable bonds is 0. The number of hydrogen-bond acceptors (Lipinski definition) is 3. The molecule has 12 heavy (non-hydrogen) atoms. The Morgan fingerprint density at radius 1 is 1.58 bits per heavy atom. The molecule has 1 aromatic heterocycles. The van der Waals surface area contributed by atoms with E-state index in [1.165, 1.54) is 0 Å². The van der Waals surface area contributed by atoms with Gasteiger partial charge < -0.3 is 0 Å². The Labute approximate surface area is 69.4 Å². The molecule has 0 fully saturated rings. The Morgan fingerprint density at radius 2 is 2.17 bits per heavy atom. The van der Waals surface area contributed by atoms with E-state index < -0.39 is 22.4 Å².